The summed E-state index contributed by atoms with van der Waals surface area (Å²) in [5.74, 6) is 0.593. The van der Waals surface area contributed by atoms with Crippen molar-refractivity contribution in [3.63, 3.8) is 0 Å². The molecule has 3 N–H and O–H groups in total. The Labute approximate surface area is 110 Å². The van der Waals surface area contributed by atoms with E-state index in [0.29, 0.717) is 19.0 Å². The molecule has 102 valence electrons. The minimum atomic E-state index is -3.40. The van der Waals surface area contributed by atoms with E-state index < -0.39 is 10.0 Å². The molecule has 0 atom stereocenters. The van der Waals surface area contributed by atoms with Gasteiger partial charge < -0.3 is 5.73 Å². The summed E-state index contributed by atoms with van der Waals surface area (Å²) >= 11 is 0. The van der Waals surface area contributed by atoms with Gasteiger partial charge in [0.05, 0.1) is 4.90 Å². The molecule has 0 aliphatic carbocycles. The smallest absolute Gasteiger partial charge is 0.240 e. The molecule has 0 heterocycles. The number of hydrogen-bond acceptors (Lipinski definition) is 3. The fourth-order valence-corrected chi connectivity index (χ4v) is 2.78. The van der Waals surface area contributed by atoms with Crippen LogP contribution in [0.25, 0.3) is 0 Å². The van der Waals surface area contributed by atoms with Crippen molar-refractivity contribution in [3.05, 3.63) is 29.8 Å². The number of sulfonamides is 1. The zero-order chi connectivity index (χ0) is 13.6. The van der Waals surface area contributed by atoms with Gasteiger partial charge in [0.15, 0.2) is 0 Å². The second-order valence-corrected chi connectivity index (χ2v) is 6.55. The van der Waals surface area contributed by atoms with Crippen molar-refractivity contribution in [1.82, 2.24) is 4.72 Å². The molecule has 1 rings (SSSR count). The van der Waals surface area contributed by atoms with Crippen LogP contribution >= 0.6 is 0 Å². The van der Waals surface area contributed by atoms with Crippen molar-refractivity contribution in [2.75, 3.05) is 6.54 Å². The highest BCUT2D eigenvalue weighted by Gasteiger charge is 2.13. The molecule has 0 radical (unpaired) electrons. The molecule has 0 spiro atoms. The highest BCUT2D eigenvalue weighted by Crippen LogP contribution is 2.11. The Kier molecular flexibility index (Phi) is 5.78. The van der Waals surface area contributed by atoms with Crippen LogP contribution in [-0.4, -0.2) is 15.0 Å². The van der Waals surface area contributed by atoms with Gasteiger partial charge in [-0.15, -0.1) is 0 Å². The number of nitrogens with one attached hydrogen (secondary N) is 1. The van der Waals surface area contributed by atoms with E-state index in [1.54, 1.807) is 18.2 Å². The van der Waals surface area contributed by atoms with Gasteiger partial charge in [-0.1, -0.05) is 26.0 Å². The van der Waals surface area contributed by atoms with Crippen molar-refractivity contribution < 1.29 is 8.42 Å². The van der Waals surface area contributed by atoms with Gasteiger partial charge in [0.2, 0.25) is 10.0 Å². The molecule has 0 saturated heterocycles. The van der Waals surface area contributed by atoms with Gasteiger partial charge in [0.1, 0.15) is 0 Å². The standard InChI is InChI=1S/C13H22N2O2S/c1-11(2)5-4-8-15-18(16,17)13-7-3-6-12(9-13)10-14/h3,6-7,9,11,15H,4-5,8,10,14H2,1-2H3. The third kappa shape index (κ3) is 4.76. The van der Waals surface area contributed by atoms with Crippen LogP contribution < -0.4 is 10.5 Å². The molecule has 0 aliphatic rings. The zero-order valence-electron chi connectivity index (χ0n) is 11.0. The average molecular weight is 270 g/mol. The Hall–Kier alpha value is -0.910. The van der Waals surface area contributed by atoms with Crippen LogP contribution in [0.3, 0.4) is 0 Å². The summed E-state index contributed by atoms with van der Waals surface area (Å²) in [6, 6.07) is 6.73. The summed E-state index contributed by atoms with van der Waals surface area (Å²) in [6.07, 6.45) is 1.87. The monoisotopic (exact) mass is 270 g/mol. The van der Waals surface area contributed by atoms with Crippen LogP contribution in [0.15, 0.2) is 29.2 Å². The summed E-state index contributed by atoms with van der Waals surface area (Å²) in [5.41, 5.74) is 6.32. The van der Waals surface area contributed by atoms with E-state index in [-0.39, 0.29) is 4.90 Å². The first-order valence-corrected chi connectivity index (χ1v) is 7.72. The predicted octanol–water partition coefficient (Wildman–Crippen LogP) is 1.86. The molecule has 0 aliphatic heterocycles. The topological polar surface area (TPSA) is 72.2 Å². The highest BCUT2D eigenvalue weighted by atomic mass is 32.2. The van der Waals surface area contributed by atoms with Crippen LogP contribution in [0.5, 0.6) is 0 Å². The maximum absolute atomic E-state index is 12.0. The molecule has 0 bridgehead atoms. The van der Waals surface area contributed by atoms with E-state index in [1.807, 2.05) is 6.07 Å². The predicted molar refractivity (Wildman–Crippen MR) is 73.6 cm³/mol. The van der Waals surface area contributed by atoms with Crippen molar-refractivity contribution in [2.45, 2.75) is 38.1 Å². The molecule has 0 fully saturated rings. The summed E-state index contributed by atoms with van der Waals surface area (Å²) in [7, 11) is -3.40. The minimum Gasteiger partial charge on any atom is -0.326 e. The molecule has 18 heavy (non-hydrogen) atoms. The van der Waals surface area contributed by atoms with Crippen LogP contribution in [0.1, 0.15) is 32.3 Å². The van der Waals surface area contributed by atoms with E-state index in [4.69, 9.17) is 5.73 Å². The molecule has 5 heteroatoms. The Balaban J connectivity index is 2.62. The maximum Gasteiger partial charge on any atom is 0.240 e. The summed E-state index contributed by atoms with van der Waals surface area (Å²) in [4.78, 5) is 0.287. The highest BCUT2D eigenvalue weighted by molar-refractivity contribution is 7.89. The molecule has 0 aromatic heterocycles. The van der Waals surface area contributed by atoms with Crippen LogP contribution in [0, 0.1) is 5.92 Å². The van der Waals surface area contributed by atoms with Crippen molar-refractivity contribution in [1.29, 1.82) is 0 Å². The summed E-state index contributed by atoms with van der Waals surface area (Å²) in [5, 5.41) is 0. The third-order valence-corrected chi connectivity index (χ3v) is 4.15. The third-order valence-electron chi connectivity index (χ3n) is 2.69. The van der Waals surface area contributed by atoms with E-state index in [9.17, 15) is 8.42 Å². The minimum absolute atomic E-state index is 0.287. The zero-order valence-corrected chi connectivity index (χ0v) is 11.8. The van der Waals surface area contributed by atoms with Crippen molar-refractivity contribution in [2.24, 2.45) is 11.7 Å². The molecular weight excluding hydrogens is 248 g/mol. The largest absolute Gasteiger partial charge is 0.326 e. The van der Waals surface area contributed by atoms with Crippen LogP contribution in [0.4, 0.5) is 0 Å². The van der Waals surface area contributed by atoms with E-state index in [1.165, 1.54) is 0 Å². The van der Waals surface area contributed by atoms with Gasteiger partial charge in [-0.25, -0.2) is 13.1 Å². The molecule has 0 unspecified atom stereocenters. The second-order valence-electron chi connectivity index (χ2n) is 4.79. The van der Waals surface area contributed by atoms with Gasteiger partial charge in [-0.05, 0) is 36.5 Å². The van der Waals surface area contributed by atoms with Crippen LogP contribution in [-0.2, 0) is 16.6 Å². The first-order valence-electron chi connectivity index (χ1n) is 6.24. The first kappa shape index (κ1) is 15.1. The number of benzene rings is 1. The van der Waals surface area contributed by atoms with Gasteiger partial charge in [0, 0.05) is 13.1 Å². The molecule has 1 aromatic carbocycles. The number of rotatable bonds is 7. The molecular formula is C13H22N2O2S. The van der Waals surface area contributed by atoms with Gasteiger partial charge in [-0.3, -0.25) is 0 Å². The molecule has 1 aromatic rings. The second kappa shape index (κ2) is 6.87. The lowest BCUT2D eigenvalue weighted by Gasteiger charge is -2.08. The lowest BCUT2D eigenvalue weighted by Crippen LogP contribution is -2.25. The van der Waals surface area contributed by atoms with Crippen molar-refractivity contribution >= 4 is 10.0 Å². The van der Waals surface area contributed by atoms with Gasteiger partial charge in [0.25, 0.3) is 0 Å². The normalized spacial score (nSPS) is 12.0. The molecule has 4 nitrogen and oxygen atoms in total. The number of nitrogens with two attached hydrogens (primary N) is 1. The van der Waals surface area contributed by atoms with Gasteiger partial charge in [-0.2, -0.15) is 0 Å². The van der Waals surface area contributed by atoms with Gasteiger partial charge >= 0.3 is 0 Å². The maximum atomic E-state index is 12.0. The van der Waals surface area contributed by atoms with E-state index in [2.05, 4.69) is 18.6 Å². The van der Waals surface area contributed by atoms with Crippen LogP contribution in [0.2, 0.25) is 0 Å². The SMILES string of the molecule is CC(C)CCCNS(=O)(=O)c1cccc(CN)c1. The summed E-state index contributed by atoms with van der Waals surface area (Å²) < 4.78 is 26.6. The molecule has 0 saturated carbocycles. The fraction of sp³-hybridized carbons (Fsp3) is 0.538. The van der Waals surface area contributed by atoms with E-state index >= 15 is 0 Å². The number of hydrogen-bond donors (Lipinski definition) is 2. The average Bonchev–Trinajstić information content (AvgIpc) is 2.34. The quantitative estimate of drug-likeness (QED) is 0.743. The lowest BCUT2D eigenvalue weighted by molar-refractivity contribution is 0.540. The van der Waals surface area contributed by atoms with Crippen molar-refractivity contribution in [3.8, 4) is 0 Å². The fourth-order valence-electron chi connectivity index (χ4n) is 1.64. The van der Waals surface area contributed by atoms with E-state index in [0.717, 1.165) is 18.4 Å². The Bertz CT molecular complexity index is 470. The first-order chi connectivity index (χ1) is 8.45. The Morgan fingerprint density at radius 1 is 1.33 bits per heavy atom. The lowest BCUT2D eigenvalue weighted by atomic mass is 10.1. The Morgan fingerprint density at radius 3 is 2.67 bits per heavy atom. The summed E-state index contributed by atoms with van der Waals surface area (Å²) in [6.45, 7) is 5.07. The molecule has 0 amide bonds. The Morgan fingerprint density at radius 2 is 2.06 bits per heavy atom.